The molecule has 82 valence electrons. The van der Waals surface area contributed by atoms with Gasteiger partial charge in [-0.15, -0.1) is 0 Å². The van der Waals surface area contributed by atoms with E-state index in [9.17, 15) is 0 Å². The van der Waals surface area contributed by atoms with Gasteiger partial charge in [-0.2, -0.15) is 0 Å². The summed E-state index contributed by atoms with van der Waals surface area (Å²) in [6.07, 6.45) is 4.05. The summed E-state index contributed by atoms with van der Waals surface area (Å²) in [5, 5.41) is 3.48. The number of nitrogens with zero attached hydrogens (tertiary/aromatic N) is 2. The first-order chi connectivity index (χ1) is 7.83. The smallest absolute Gasteiger partial charge is 0.142 e. The summed E-state index contributed by atoms with van der Waals surface area (Å²) < 4.78 is 0. The molecule has 3 rings (SSSR count). The molecule has 2 heterocycles. The fourth-order valence-electron chi connectivity index (χ4n) is 2.23. The van der Waals surface area contributed by atoms with Gasteiger partial charge in [0.2, 0.25) is 0 Å². The molecule has 1 saturated heterocycles. The molecule has 4 nitrogen and oxygen atoms in total. The fraction of sp³-hybridized carbons (Fsp3) is 0.333. The topological polar surface area (TPSA) is 63.8 Å². The first-order valence-electron chi connectivity index (χ1n) is 5.58. The number of nitrogens with two attached hydrogens (primary N) is 1. The molecule has 4 heteroatoms. The molecule has 0 bridgehead atoms. The number of rotatable bonds is 1. The van der Waals surface area contributed by atoms with E-state index in [0.29, 0.717) is 11.9 Å². The minimum absolute atomic E-state index is 0.472. The summed E-state index contributed by atoms with van der Waals surface area (Å²) >= 11 is 0. The third-order valence-electron chi connectivity index (χ3n) is 3.05. The van der Waals surface area contributed by atoms with E-state index in [1.807, 2.05) is 6.07 Å². The number of hydrogen-bond donors (Lipinski definition) is 2. The zero-order valence-electron chi connectivity index (χ0n) is 8.98. The van der Waals surface area contributed by atoms with Gasteiger partial charge < -0.3 is 11.1 Å². The van der Waals surface area contributed by atoms with Crippen molar-refractivity contribution < 1.29 is 0 Å². The molecule has 1 atom stereocenters. The maximum atomic E-state index is 5.60. The molecule has 1 aliphatic rings. The Balaban J connectivity index is 2.05. The van der Waals surface area contributed by atoms with Crippen molar-refractivity contribution >= 4 is 16.9 Å². The first kappa shape index (κ1) is 9.54. The molecule has 0 spiro atoms. The Hall–Kier alpha value is -1.68. The largest absolute Gasteiger partial charge is 0.382 e. The zero-order chi connectivity index (χ0) is 11.0. The van der Waals surface area contributed by atoms with Crippen LogP contribution in [0.15, 0.2) is 24.4 Å². The van der Waals surface area contributed by atoms with E-state index in [2.05, 4.69) is 27.4 Å². The van der Waals surface area contributed by atoms with Crippen LogP contribution < -0.4 is 11.1 Å². The summed E-state index contributed by atoms with van der Waals surface area (Å²) in [6.45, 7) is 1.11. The van der Waals surface area contributed by atoms with Gasteiger partial charge in [-0.1, -0.05) is 6.07 Å². The third-order valence-corrected chi connectivity index (χ3v) is 3.05. The normalized spacial score (nSPS) is 20.4. The molecule has 0 amide bonds. The highest BCUT2D eigenvalue weighted by atomic mass is 14.9. The lowest BCUT2D eigenvalue weighted by Gasteiger charge is -2.10. The fourth-order valence-corrected chi connectivity index (χ4v) is 2.23. The summed E-state index contributed by atoms with van der Waals surface area (Å²) in [5.74, 6) is 0.472. The maximum Gasteiger partial charge on any atom is 0.142 e. The molecule has 1 fully saturated rings. The van der Waals surface area contributed by atoms with Gasteiger partial charge in [0, 0.05) is 6.04 Å². The second-order valence-electron chi connectivity index (χ2n) is 4.19. The molecule has 1 unspecified atom stereocenters. The quantitative estimate of drug-likeness (QED) is 0.757. The molecule has 0 radical (unpaired) electrons. The lowest BCUT2D eigenvalue weighted by molar-refractivity contribution is 0.648. The highest BCUT2D eigenvalue weighted by Gasteiger charge is 2.16. The van der Waals surface area contributed by atoms with E-state index in [1.54, 1.807) is 6.20 Å². The summed E-state index contributed by atoms with van der Waals surface area (Å²) in [7, 11) is 0. The van der Waals surface area contributed by atoms with E-state index in [0.717, 1.165) is 17.6 Å². The van der Waals surface area contributed by atoms with Crippen LogP contribution in [0.1, 0.15) is 24.4 Å². The first-order valence-corrected chi connectivity index (χ1v) is 5.58. The second-order valence-corrected chi connectivity index (χ2v) is 4.19. The van der Waals surface area contributed by atoms with Crippen molar-refractivity contribution in [3.05, 3.63) is 30.0 Å². The molecule has 0 aliphatic carbocycles. The number of fused-ring (bicyclic) bond motifs is 1. The van der Waals surface area contributed by atoms with Gasteiger partial charge in [0.15, 0.2) is 0 Å². The van der Waals surface area contributed by atoms with Crippen LogP contribution in [0, 0.1) is 0 Å². The molecular formula is C12H14N4. The van der Waals surface area contributed by atoms with Gasteiger partial charge in [-0.05, 0) is 37.1 Å². The van der Waals surface area contributed by atoms with Crippen LogP contribution >= 0.6 is 0 Å². The number of aromatic nitrogens is 2. The monoisotopic (exact) mass is 214 g/mol. The van der Waals surface area contributed by atoms with Gasteiger partial charge >= 0.3 is 0 Å². The average molecular weight is 214 g/mol. The summed E-state index contributed by atoms with van der Waals surface area (Å²) in [4.78, 5) is 8.54. The van der Waals surface area contributed by atoms with Crippen LogP contribution in [0.25, 0.3) is 11.0 Å². The van der Waals surface area contributed by atoms with E-state index >= 15 is 0 Å². The lowest BCUT2D eigenvalue weighted by Crippen LogP contribution is -2.12. The van der Waals surface area contributed by atoms with Crippen molar-refractivity contribution in [3.8, 4) is 0 Å². The Labute approximate surface area is 93.9 Å². The molecular weight excluding hydrogens is 200 g/mol. The number of hydrogen-bond acceptors (Lipinski definition) is 4. The van der Waals surface area contributed by atoms with E-state index in [4.69, 9.17) is 5.73 Å². The van der Waals surface area contributed by atoms with E-state index < -0.39 is 0 Å². The third kappa shape index (κ3) is 1.61. The summed E-state index contributed by atoms with van der Waals surface area (Å²) in [6, 6.07) is 6.68. The minimum atomic E-state index is 0.472. The van der Waals surface area contributed by atoms with Crippen molar-refractivity contribution in [3.63, 3.8) is 0 Å². The van der Waals surface area contributed by atoms with Gasteiger partial charge in [0.1, 0.15) is 5.82 Å². The van der Waals surface area contributed by atoms with Crippen LogP contribution in [0.5, 0.6) is 0 Å². The number of benzene rings is 1. The van der Waals surface area contributed by atoms with Crippen LogP contribution in [-0.2, 0) is 0 Å². The highest BCUT2D eigenvalue weighted by molar-refractivity contribution is 5.76. The molecule has 0 saturated carbocycles. The van der Waals surface area contributed by atoms with Crippen molar-refractivity contribution in [1.29, 1.82) is 0 Å². The van der Waals surface area contributed by atoms with Crippen molar-refractivity contribution in [1.82, 2.24) is 15.3 Å². The second kappa shape index (κ2) is 3.72. The maximum absolute atomic E-state index is 5.60. The van der Waals surface area contributed by atoms with Crippen LogP contribution in [0.4, 0.5) is 5.82 Å². The van der Waals surface area contributed by atoms with Crippen LogP contribution in [-0.4, -0.2) is 16.5 Å². The van der Waals surface area contributed by atoms with Gasteiger partial charge in [0.25, 0.3) is 0 Å². The molecule has 1 aromatic heterocycles. The Bertz CT molecular complexity index is 517. The average Bonchev–Trinajstić information content (AvgIpc) is 2.82. The van der Waals surface area contributed by atoms with Crippen molar-refractivity contribution in [2.24, 2.45) is 0 Å². The van der Waals surface area contributed by atoms with Crippen LogP contribution in [0.2, 0.25) is 0 Å². The predicted octanol–water partition coefficient (Wildman–Crippen LogP) is 1.64. The summed E-state index contributed by atoms with van der Waals surface area (Å²) in [5.41, 5.74) is 8.67. The Morgan fingerprint density at radius 2 is 2.25 bits per heavy atom. The van der Waals surface area contributed by atoms with Gasteiger partial charge in [0.05, 0.1) is 17.2 Å². The Morgan fingerprint density at radius 1 is 1.31 bits per heavy atom. The zero-order valence-corrected chi connectivity index (χ0v) is 8.98. The molecule has 2 aromatic rings. The SMILES string of the molecule is Nc1cnc2cc(C3CCCN3)ccc2n1. The predicted molar refractivity (Wildman–Crippen MR) is 63.9 cm³/mol. The lowest BCUT2D eigenvalue weighted by atomic mass is 10.0. The van der Waals surface area contributed by atoms with Gasteiger partial charge in [-0.25, -0.2) is 4.98 Å². The van der Waals surface area contributed by atoms with Crippen molar-refractivity contribution in [2.75, 3.05) is 12.3 Å². The van der Waals surface area contributed by atoms with E-state index in [1.165, 1.54) is 18.4 Å². The van der Waals surface area contributed by atoms with Gasteiger partial charge in [-0.3, -0.25) is 4.98 Å². The van der Waals surface area contributed by atoms with Crippen molar-refractivity contribution in [2.45, 2.75) is 18.9 Å². The van der Waals surface area contributed by atoms with E-state index in [-0.39, 0.29) is 0 Å². The Morgan fingerprint density at radius 3 is 3.06 bits per heavy atom. The number of anilines is 1. The molecule has 1 aromatic carbocycles. The standard InChI is InChI=1S/C12H14N4/c13-12-7-15-11-6-8(3-4-10(11)16-12)9-2-1-5-14-9/h3-4,6-7,9,14H,1-2,5H2,(H2,13,16). The number of nitrogen functional groups attached to an aromatic ring is 1. The highest BCUT2D eigenvalue weighted by Crippen LogP contribution is 2.25. The molecule has 16 heavy (non-hydrogen) atoms. The van der Waals surface area contributed by atoms with Crippen LogP contribution in [0.3, 0.4) is 0 Å². The Kier molecular flexibility index (Phi) is 2.22. The number of nitrogens with one attached hydrogen (secondary N) is 1. The molecule has 3 N–H and O–H groups in total. The molecule has 1 aliphatic heterocycles. The minimum Gasteiger partial charge on any atom is -0.382 e.